The monoisotopic (exact) mass is 297 g/mol. The van der Waals surface area contributed by atoms with Gasteiger partial charge in [-0.25, -0.2) is 0 Å². The van der Waals surface area contributed by atoms with E-state index in [-0.39, 0.29) is 0 Å². The first-order valence-electron chi connectivity index (χ1n) is 9.94. The normalized spacial score (nSPS) is 13.0. The van der Waals surface area contributed by atoms with Crippen LogP contribution < -0.4 is 5.32 Å². The molecule has 0 saturated heterocycles. The fourth-order valence-electron chi connectivity index (χ4n) is 3.11. The average Bonchev–Trinajstić information content (AvgIpc) is 2.45. The molecule has 21 heavy (non-hydrogen) atoms. The Morgan fingerprint density at radius 1 is 0.619 bits per heavy atom. The van der Waals surface area contributed by atoms with E-state index in [0.29, 0.717) is 0 Å². The molecular formula is C20H43N. The van der Waals surface area contributed by atoms with E-state index in [1.807, 2.05) is 0 Å². The van der Waals surface area contributed by atoms with Gasteiger partial charge in [0.2, 0.25) is 0 Å². The van der Waals surface area contributed by atoms with Crippen LogP contribution in [0.25, 0.3) is 0 Å². The summed E-state index contributed by atoms with van der Waals surface area (Å²) in [6.07, 6.45) is 18.5. The Kier molecular flexibility index (Phi) is 16.3. The van der Waals surface area contributed by atoms with E-state index in [2.05, 4.69) is 33.0 Å². The first-order valence-corrected chi connectivity index (χ1v) is 9.94. The molecule has 0 aliphatic heterocycles. The lowest BCUT2D eigenvalue weighted by Crippen LogP contribution is -2.28. The van der Waals surface area contributed by atoms with Crippen molar-refractivity contribution in [2.75, 3.05) is 6.54 Å². The second-order valence-electron chi connectivity index (χ2n) is 7.20. The lowest BCUT2D eigenvalue weighted by Gasteiger charge is -2.18. The Bertz CT molecular complexity index is 188. The predicted octanol–water partition coefficient (Wildman–Crippen LogP) is 6.71. The van der Waals surface area contributed by atoms with Gasteiger partial charge in [-0.1, -0.05) is 98.3 Å². The van der Waals surface area contributed by atoms with E-state index in [0.717, 1.165) is 18.5 Å². The molecule has 0 fully saturated rings. The van der Waals surface area contributed by atoms with E-state index in [4.69, 9.17) is 0 Å². The fourth-order valence-corrected chi connectivity index (χ4v) is 3.11. The maximum atomic E-state index is 3.68. The minimum Gasteiger partial charge on any atom is -0.314 e. The van der Waals surface area contributed by atoms with Crippen molar-refractivity contribution in [1.29, 1.82) is 0 Å². The number of hydrogen-bond acceptors (Lipinski definition) is 1. The van der Waals surface area contributed by atoms with Crippen LogP contribution in [0.15, 0.2) is 0 Å². The predicted molar refractivity (Wildman–Crippen MR) is 98.0 cm³/mol. The van der Waals surface area contributed by atoms with Crippen molar-refractivity contribution in [2.45, 2.75) is 117 Å². The highest BCUT2D eigenvalue weighted by atomic mass is 14.9. The standard InChI is InChI=1S/C20H43N/c1-5-7-8-9-10-11-12-13-14-17-20(21-6-2)18-15-16-19(3)4/h19-21H,5-18H2,1-4H3. The molecule has 0 aliphatic carbocycles. The van der Waals surface area contributed by atoms with Crippen molar-refractivity contribution in [3.8, 4) is 0 Å². The van der Waals surface area contributed by atoms with E-state index in [9.17, 15) is 0 Å². The molecule has 128 valence electrons. The molecule has 1 N–H and O–H groups in total. The maximum Gasteiger partial charge on any atom is 0.00669 e. The summed E-state index contributed by atoms with van der Waals surface area (Å²) in [5.74, 6) is 0.861. The molecule has 0 aromatic carbocycles. The molecule has 0 amide bonds. The summed E-state index contributed by atoms with van der Waals surface area (Å²) in [5, 5.41) is 3.68. The molecule has 0 rings (SSSR count). The van der Waals surface area contributed by atoms with Crippen LogP contribution in [0.4, 0.5) is 0 Å². The number of hydrogen-bond donors (Lipinski definition) is 1. The van der Waals surface area contributed by atoms with Crippen LogP contribution in [0.3, 0.4) is 0 Å². The van der Waals surface area contributed by atoms with Gasteiger partial charge in [-0.05, 0) is 25.3 Å². The summed E-state index contributed by atoms with van der Waals surface area (Å²) in [4.78, 5) is 0. The Hall–Kier alpha value is -0.0400. The molecular weight excluding hydrogens is 254 g/mol. The molecule has 1 heteroatoms. The minimum atomic E-state index is 0.776. The molecule has 0 radical (unpaired) electrons. The fraction of sp³-hybridized carbons (Fsp3) is 1.00. The molecule has 0 aliphatic rings. The maximum absolute atomic E-state index is 3.68. The van der Waals surface area contributed by atoms with Gasteiger partial charge in [0.1, 0.15) is 0 Å². The van der Waals surface area contributed by atoms with Gasteiger partial charge in [0.25, 0.3) is 0 Å². The summed E-state index contributed by atoms with van der Waals surface area (Å²) < 4.78 is 0. The van der Waals surface area contributed by atoms with Crippen molar-refractivity contribution in [2.24, 2.45) is 5.92 Å². The van der Waals surface area contributed by atoms with Crippen molar-refractivity contribution < 1.29 is 0 Å². The quantitative estimate of drug-likeness (QED) is 0.312. The highest BCUT2D eigenvalue weighted by Gasteiger charge is 2.07. The highest BCUT2D eigenvalue weighted by molar-refractivity contribution is 4.67. The van der Waals surface area contributed by atoms with Crippen LogP contribution in [-0.2, 0) is 0 Å². The van der Waals surface area contributed by atoms with Crippen molar-refractivity contribution in [3.63, 3.8) is 0 Å². The molecule has 1 atom stereocenters. The molecule has 1 unspecified atom stereocenters. The Morgan fingerprint density at radius 2 is 1.14 bits per heavy atom. The highest BCUT2D eigenvalue weighted by Crippen LogP contribution is 2.15. The van der Waals surface area contributed by atoms with Crippen LogP contribution in [0, 0.1) is 5.92 Å². The van der Waals surface area contributed by atoms with E-state index in [1.54, 1.807) is 0 Å². The molecule has 0 aromatic rings. The summed E-state index contributed by atoms with van der Waals surface area (Å²) in [6, 6.07) is 0.776. The summed E-state index contributed by atoms with van der Waals surface area (Å²) in [7, 11) is 0. The van der Waals surface area contributed by atoms with Gasteiger partial charge >= 0.3 is 0 Å². The number of unbranched alkanes of at least 4 members (excludes halogenated alkanes) is 8. The zero-order chi connectivity index (χ0) is 15.8. The van der Waals surface area contributed by atoms with Gasteiger partial charge in [-0.3, -0.25) is 0 Å². The number of nitrogens with one attached hydrogen (secondary N) is 1. The van der Waals surface area contributed by atoms with Crippen molar-refractivity contribution >= 4 is 0 Å². The van der Waals surface area contributed by atoms with Gasteiger partial charge < -0.3 is 5.32 Å². The topological polar surface area (TPSA) is 12.0 Å². The van der Waals surface area contributed by atoms with E-state index in [1.165, 1.54) is 83.5 Å². The van der Waals surface area contributed by atoms with Gasteiger partial charge in [0, 0.05) is 6.04 Å². The average molecular weight is 298 g/mol. The summed E-state index contributed by atoms with van der Waals surface area (Å²) >= 11 is 0. The van der Waals surface area contributed by atoms with Crippen molar-refractivity contribution in [3.05, 3.63) is 0 Å². The van der Waals surface area contributed by atoms with E-state index >= 15 is 0 Å². The van der Waals surface area contributed by atoms with E-state index < -0.39 is 0 Å². The van der Waals surface area contributed by atoms with Crippen molar-refractivity contribution in [1.82, 2.24) is 5.32 Å². The Morgan fingerprint density at radius 3 is 1.67 bits per heavy atom. The largest absolute Gasteiger partial charge is 0.314 e. The Labute approximate surface area is 135 Å². The molecule has 0 spiro atoms. The third-order valence-corrected chi connectivity index (χ3v) is 4.48. The first kappa shape index (κ1) is 21.0. The number of rotatable bonds is 16. The van der Waals surface area contributed by atoms with Crippen LogP contribution in [0.2, 0.25) is 0 Å². The van der Waals surface area contributed by atoms with Gasteiger partial charge in [-0.2, -0.15) is 0 Å². The zero-order valence-corrected chi connectivity index (χ0v) is 15.6. The van der Waals surface area contributed by atoms with Crippen LogP contribution >= 0.6 is 0 Å². The molecule has 1 nitrogen and oxygen atoms in total. The minimum absolute atomic E-state index is 0.776. The first-order chi connectivity index (χ1) is 10.2. The van der Waals surface area contributed by atoms with Gasteiger partial charge in [0.05, 0.1) is 0 Å². The molecule has 0 heterocycles. The lowest BCUT2D eigenvalue weighted by atomic mass is 9.98. The van der Waals surface area contributed by atoms with Gasteiger partial charge in [-0.15, -0.1) is 0 Å². The lowest BCUT2D eigenvalue weighted by molar-refractivity contribution is 0.408. The van der Waals surface area contributed by atoms with Crippen LogP contribution in [-0.4, -0.2) is 12.6 Å². The van der Waals surface area contributed by atoms with Gasteiger partial charge in [0.15, 0.2) is 0 Å². The second-order valence-corrected chi connectivity index (χ2v) is 7.20. The second kappa shape index (κ2) is 16.3. The third kappa shape index (κ3) is 16.2. The third-order valence-electron chi connectivity index (χ3n) is 4.48. The Balaban J connectivity index is 3.42. The summed E-state index contributed by atoms with van der Waals surface area (Å²) in [5.41, 5.74) is 0. The van der Waals surface area contributed by atoms with Crippen LogP contribution in [0.5, 0.6) is 0 Å². The zero-order valence-electron chi connectivity index (χ0n) is 15.6. The molecule has 0 aromatic heterocycles. The molecule has 0 saturated carbocycles. The summed E-state index contributed by atoms with van der Waals surface area (Å²) in [6.45, 7) is 10.3. The SMILES string of the molecule is CCCCCCCCCCCC(CCCC(C)C)NCC. The smallest absolute Gasteiger partial charge is 0.00669 e. The van der Waals surface area contributed by atoms with Crippen LogP contribution in [0.1, 0.15) is 111 Å². The molecule has 0 bridgehead atoms.